The number of ether oxygens (including phenoxy) is 1. The number of hydrogen-bond acceptors (Lipinski definition) is 2. The van der Waals surface area contributed by atoms with Crippen LogP contribution < -0.4 is 4.74 Å². The average molecular weight is 317 g/mol. The van der Waals surface area contributed by atoms with E-state index >= 15 is 0 Å². The summed E-state index contributed by atoms with van der Waals surface area (Å²) in [5.41, 5.74) is 3.13. The highest BCUT2D eigenvalue weighted by Crippen LogP contribution is 2.44. The molecule has 0 aromatic heterocycles. The van der Waals surface area contributed by atoms with E-state index in [1.807, 2.05) is 36.4 Å². The number of alkyl halides is 1. The quantitative estimate of drug-likeness (QED) is 0.630. The Kier molecular flexibility index (Phi) is 3.38. The molecule has 0 radical (unpaired) electrons. The maximum Gasteiger partial charge on any atom is 0.132 e. The molecule has 1 heterocycles. The Morgan fingerprint density at radius 1 is 1.11 bits per heavy atom. The summed E-state index contributed by atoms with van der Waals surface area (Å²) in [6.45, 7) is 0. The lowest BCUT2D eigenvalue weighted by Gasteiger charge is -2.26. The fraction of sp³-hybridized carbons (Fsp3) is 0.188. The maximum atomic E-state index is 11.6. The number of hydrogen-bond donors (Lipinski definition) is 0. The van der Waals surface area contributed by atoms with Gasteiger partial charge in [-0.15, -0.1) is 0 Å². The van der Waals surface area contributed by atoms with Gasteiger partial charge in [-0.25, -0.2) is 0 Å². The zero-order valence-electron chi connectivity index (χ0n) is 10.3. The van der Waals surface area contributed by atoms with Crippen LogP contribution in [0.15, 0.2) is 42.5 Å². The summed E-state index contributed by atoms with van der Waals surface area (Å²) in [4.78, 5) is 11.6. The van der Waals surface area contributed by atoms with Gasteiger partial charge in [-0.2, -0.15) is 0 Å². The first-order valence-corrected chi connectivity index (χ1v) is 7.37. The van der Waals surface area contributed by atoms with E-state index in [4.69, 9.17) is 4.74 Å². The van der Waals surface area contributed by atoms with Crippen molar-refractivity contribution in [2.45, 2.75) is 12.3 Å². The van der Waals surface area contributed by atoms with Crippen molar-refractivity contribution in [1.82, 2.24) is 0 Å². The Bertz CT molecular complexity index is 622. The first kappa shape index (κ1) is 12.4. The highest BCUT2D eigenvalue weighted by molar-refractivity contribution is 9.09. The van der Waals surface area contributed by atoms with E-state index in [0.717, 1.165) is 40.7 Å². The van der Waals surface area contributed by atoms with E-state index in [9.17, 15) is 4.79 Å². The van der Waals surface area contributed by atoms with Gasteiger partial charge in [-0.05, 0) is 24.1 Å². The van der Waals surface area contributed by atoms with Crippen LogP contribution in [0.2, 0.25) is 0 Å². The molecule has 2 nitrogen and oxygen atoms in total. The SMILES string of the molecule is O=CC1c2ccccc2Oc2cccc(CCBr)c21. The lowest BCUT2D eigenvalue weighted by molar-refractivity contribution is -0.108. The molecule has 0 saturated heterocycles. The molecule has 0 aliphatic carbocycles. The van der Waals surface area contributed by atoms with Crippen molar-refractivity contribution in [3.8, 4) is 11.5 Å². The lowest BCUT2D eigenvalue weighted by Crippen LogP contribution is -2.14. The Morgan fingerprint density at radius 2 is 1.89 bits per heavy atom. The predicted octanol–water partition coefficient (Wildman–Crippen LogP) is 4.06. The molecule has 0 N–H and O–H groups in total. The molecule has 0 fully saturated rings. The van der Waals surface area contributed by atoms with E-state index in [2.05, 4.69) is 22.0 Å². The molecule has 1 atom stereocenters. The monoisotopic (exact) mass is 316 g/mol. The van der Waals surface area contributed by atoms with Crippen LogP contribution in [0.1, 0.15) is 22.6 Å². The van der Waals surface area contributed by atoms with Gasteiger partial charge in [0.05, 0.1) is 5.92 Å². The van der Waals surface area contributed by atoms with Crippen LogP contribution in [0.4, 0.5) is 0 Å². The fourth-order valence-corrected chi connectivity index (χ4v) is 3.02. The smallest absolute Gasteiger partial charge is 0.132 e. The first-order valence-electron chi connectivity index (χ1n) is 6.25. The standard InChI is InChI=1S/C16H13BrO2/c17-9-8-11-4-3-7-15-16(11)13(10-18)12-5-1-2-6-14(12)19-15/h1-7,10,13H,8-9H2. The Balaban J connectivity index is 2.18. The van der Waals surface area contributed by atoms with Crippen LogP contribution in [0.3, 0.4) is 0 Å². The number of para-hydroxylation sites is 1. The highest BCUT2D eigenvalue weighted by Gasteiger charge is 2.28. The first-order chi connectivity index (χ1) is 9.35. The predicted molar refractivity (Wildman–Crippen MR) is 78.4 cm³/mol. The number of halogens is 1. The lowest BCUT2D eigenvalue weighted by atomic mass is 9.85. The molecule has 0 amide bonds. The second-order valence-corrected chi connectivity index (χ2v) is 5.31. The van der Waals surface area contributed by atoms with Gasteiger partial charge in [-0.1, -0.05) is 46.3 Å². The number of fused-ring (bicyclic) bond motifs is 2. The summed E-state index contributed by atoms with van der Waals surface area (Å²) in [5, 5.41) is 0.872. The summed E-state index contributed by atoms with van der Waals surface area (Å²) < 4.78 is 5.92. The molecule has 0 spiro atoms. The molecule has 1 unspecified atom stereocenters. The summed E-state index contributed by atoms with van der Waals surface area (Å²) in [6, 6.07) is 13.7. The Labute approximate surface area is 120 Å². The Hall–Kier alpha value is -1.61. The third kappa shape index (κ3) is 2.08. The van der Waals surface area contributed by atoms with E-state index < -0.39 is 0 Å². The molecule has 96 valence electrons. The van der Waals surface area contributed by atoms with Crippen molar-refractivity contribution in [1.29, 1.82) is 0 Å². The third-order valence-electron chi connectivity index (χ3n) is 3.44. The van der Waals surface area contributed by atoms with Crippen LogP contribution in [0, 0.1) is 0 Å². The van der Waals surface area contributed by atoms with Crippen molar-refractivity contribution in [2.24, 2.45) is 0 Å². The molecule has 3 rings (SSSR count). The second-order valence-electron chi connectivity index (χ2n) is 4.52. The fourth-order valence-electron chi connectivity index (χ4n) is 2.60. The topological polar surface area (TPSA) is 26.3 Å². The van der Waals surface area contributed by atoms with E-state index in [0.29, 0.717) is 0 Å². The third-order valence-corrected chi connectivity index (χ3v) is 3.84. The number of rotatable bonds is 3. The zero-order valence-corrected chi connectivity index (χ0v) is 11.9. The van der Waals surface area contributed by atoms with Crippen LogP contribution in [-0.4, -0.2) is 11.6 Å². The van der Waals surface area contributed by atoms with Crippen molar-refractivity contribution in [3.63, 3.8) is 0 Å². The largest absolute Gasteiger partial charge is 0.457 e. The molecule has 0 saturated carbocycles. The average Bonchev–Trinajstić information content (AvgIpc) is 2.45. The second kappa shape index (κ2) is 5.17. The van der Waals surface area contributed by atoms with Gasteiger partial charge in [0, 0.05) is 16.5 Å². The van der Waals surface area contributed by atoms with Crippen LogP contribution >= 0.6 is 15.9 Å². The number of aldehydes is 1. The van der Waals surface area contributed by atoms with Gasteiger partial charge in [0.15, 0.2) is 0 Å². The zero-order chi connectivity index (χ0) is 13.2. The van der Waals surface area contributed by atoms with Gasteiger partial charge < -0.3 is 9.53 Å². The minimum Gasteiger partial charge on any atom is -0.457 e. The number of carbonyl (C=O) groups excluding carboxylic acids is 1. The molecule has 0 bridgehead atoms. The van der Waals surface area contributed by atoms with E-state index in [-0.39, 0.29) is 5.92 Å². The van der Waals surface area contributed by atoms with Gasteiger partial charge in [0.25, 0.3) is 0 Å². The van der Waals surface area contributed by atoms with Crippen LogP contribution in [0.5, 0.6) is 11.5 Å². The van der Waals surface area contributed by atoms with Gasteiger partial charge in [-0.3, -0.25) is 0 Å². The molecule has 1 aliphatic rings. The molecule has 2 aromatic carbocycles. The number of aryl methyl sites for hydroxylation is 1. The van der Waals surface area contributed by atoms with Gasteiger partial charge in [0.1, 0.15) is 17.8 Å². The minimum absolute atomic E-state index is 0.227. The summed E-state index contributed by atoms with van der Waals surface area (Å²) in [5.74, 6) is 1.35. The number of carbonyl (C=O) groups is 1. The Morgan fingerprint density at radius 3 is 2.68 bits per heavy atom. The molecule has 2 aromatic rings. The number of benzene rings is 2. The van der Waals surface area contributed by atoms with Crippen molar-refractivity contribution >= 4 is 22.2 Å². The van der Waals surface area contributed by atoms with Crippen LogP contribution in [-0.2, 0) is 11.2 Å². The molecule has 19 heavy (non-hydrogen) atoms. The summed E-state index contributed by atoms with van der Waals surface area (Å²) >= 11 is 3.46. The molecule has 3 heteroatoms. The van der Waals surface area contributed by atoms with Gasteiger partial charge in [0.2, 0.25) is 0 Å². The molecular formula is C16H13BrO2. The molecule has 1 aliphatic heterocycles. The van der Waals surface area contributed by atoms with Gasteiger partial charge >= 0.3 is 0 Å². The van der Waals surface area contributed by atoms with E-state index in [1.54, 1.807) is 0 Å². The van der Waals surface area contributed by atoms with Crippen molar-refractivity contribution in [3.05, 3.63) is 59.2 Å². The van der Waals surface area contributed by atoms with Crippen LogP contribution in [0.25, 0.3) is 0 Å². The van der Waals surface area contributed by atoms with Crippen molar-refractivity contribution < 1.29 is 9.53 Å². The highest BCUT2D eigenvalue weighted by atomic mass is 79.9. The van der Waals surface area contributed by atoms with E-state index in [1.165, 1.54) is 5.56 Å². The normalized spacial score (nSPS) is 16.2. The molecular weight excluding hydrogens is 304 g/mol. The summed E-state index contributed by atoms with van der Waals surface area (Å²) in [7, 11) is 0. The summed E-state index contributed by atoms with van der Waals surface area (Å²) in [6.07, 6.45) is 1.90. The maximum absolute atomic E-state index is 11.6. The minimum atomic E-state index is -0.227. The van der Waals surface area contributed by atoms with Crippen molar-refractivity contribution in [2.75, 3.05) is 5.33 Å².